The summed E-state index contributed by atoms with van der Waals surface area (Å²) in [5, 5.41) is 8.76. The van der Waals surface area contributed by atoms with Crippen molar-refractivity contribution >= 4 is 5.78 Å². The smallest absolute Gasteiger partial charge is 0.176 e. The second-order valence-electron chi connectivity index (χ2n) is 5.81. The molecule has 0 N–H and O–H groups in total. The summed E-state index contributed by atoms with van der Waals surface area (Å²) in [4.78, 5) is 16.7. The quantitative estimate of drug-likeness (QED) is 0.781. The largest absolute Gasteiger partial charge is 0.305 e. The predicted molar refractivity (Wildman–Crippen MR) is 78.6 cm³/mol. The van der Waals surface area contributed by atoms with E-state index in [1.54, 1.807) is 24.3 Å². The Balaban J connectivity index is 1.97. The Kier molecular flexibility index (Phi) is 4.53. The normalized spacial score (nSPS) is 22.9. The van der Waals surface area contributed by atoms with Crippen LogP contribution < -0.4 is 0 Å². The Morgan fingerprint density at radius 3 is 2.50 bits per heavy atom. The van der Waals surface area contributed by atoms with Crippen molar-refractivity contribution < 1.29 is 4.79 Å². The fraction of sp³-hybridized carbons (Fsp3) is 0.500. The number of rotatable bonds is 4. The van der Waals surface area contributed by atoms with Crippen molar-refractivity contribution in [2.75, 3.05) is 33.7 Å². The molecule has 0 saturated carbocycles. The van der Waals surface area contributed by atoms with Gasteiger partial charge in [-0.3, -0.25) is 9.69 Å². The van der Waals surface area contributed by atoms with Crippen molar-refractivity contribution in [2.24, 2.45) is 5.92 Å². The standard InChI is InChI=1S/C16H21N3O/c1-12-9-19(10-15(12)18(2)3)11-16(20)14-6-4-13(8-17)5-7-14/h4-7,12,15H,9-11H2,1-3H3. The molecule has 2 unspecified atom stereocenters. The highest BCUT2D eigenvalue weighted by atomic mass is 16.1. The topological polar surface area (TPSA) is 47.3 Å². The highest BCUT2D eigenvalue weighted by molar-refractivity contribution is 5.97. The van der Waals surface area contributed by atoms with E-state index in [1.807, 2.05) is 0 Å². The van der Waals surface area contributed by atoms with Crippen LogP contribution in [0.4, 0.5) is 0 Å². The van der Waals surface area contributed by atoms with E-state index in [0.717, 1.165) is 13.1 Å². The number of carbonyl (C=O) groups is 1. The lowest BCUT2D eigenvalue weighted by Crippen LogP contribution is -2.35. The first-order valence-corrected chi connectivity index (χ1v) is 6.93. The maximum Gasteiger partial charge on any atom is 0.176 e. The number of nitriles is 1. The third kappa shape index (κ3) is 3.24. The van der Waals surface area contributed by atoms with Gasteiger partial charge in [-0.15, -0.1) is 0 Å². The number of nitrogens with zero attached hydrogens (tertiary/aromatic N) is 3. The monoisotopic (exact) mass is 271 g/mol. The summed E-state index contributed by atoms with van der Waals surface area (Å²) in [6.07, 6.45) is 0. The van der Waals surface area contributed by atoms with Crippen LogP contribution in [-0.2, 0) is 0 Å². The number of benzene rings is 1. The van der Waals surface area contributed by atoms with Crippen molar-refractivity contribution in [1.82, 2.24) is 9.80 Å². The zero-order valence-electron chi connectivity index (χ0n) is 12.3. The minimum absolute atomic E-state index is 0.126. The number of ketones is 1. The molecular weight excluding hydrogens is 250 g/mol. The molecule has 1 aliphatic heterocycles. The van der Waals surface area contributed by atoms with Crippen LogP contribution in [0.25, 0.3) is 0 Å². The molecule has 0 radical (unpaired) electrons. The van der Waals surface area contributed by atoms with Crippen LogP contribution in [0.3, 0.4) is 0 Å². The predicted octanol–water partition coefficient (Wildman–Crippen LogP) is 1.62. The number of likely N-dealkylation sites (tertiary alicyclic amines) is 1. The van der Waals surface area contributed by atoms with Gasteiger partial charge in [0.15, 0.2) is 5.78 Å². The van der Waals surface area contributed by atoms with E-state index in [-0.39, 0.29) is 5.78 Å². The molecule has 0 aliphatic carbocycles. The zero-order valence-corrected chi connectivity index (χ0v) is 12.3. The molecule has 2 atom stereocenters. The van der Waals surface area contributed by atoms with Gasteiger partial charge >= 0.3 is 0 Å². The fourth-order valence-corrected chi connectivity index (χ4v) is 2.87. The minimum atomic E-state index is 0.126. The molecule has 2 rings (SSSR count). The first-order valence-electron chi connectivity index (χ1n) is 6.93. The second kappa shape index (κ2) is 6.17. The van der Waals surface area contributed by atoms with Crippen LogP contribution in [-0.4, -0.2) is 55.4 Å². The number of hydrogen-bond acceptors (Lipinski definition) is 4. The van der Waals surface area contributed by atoms with Crippen molar-refractivity contribution in [2.45, 2.75) is 13.0 Å². The lowest BCUT2D eigenvalue weighted by Gasteiger charge is -2.22. The van der Waals surface area contributed by atoms with Crippen LogP contribution in [0.5, 0.6) is 0 Å². The van der Waals surface area contributed by atoms with E-state index >= 15 is 0 Å². The van der Waals surface area contributed by atoms with Gasteiger partial charge in [-0.1, -0.05) is 19.1 Å². The van der Waals surface area contributed by atoms with Crippen molar-refractivity contribution in [3.8, 4) is 6.07 Å². The molecule has 0 amide bonds. The van der Waals surface area contributed by atoms with Crippen molar-refractivity contribution in [3.05, 3.63) is 35.4 Å². The third-order valence-corrected chi connectivity index (χ3v) is 4.01. The highest BCUT2D eigenvalue weighted by Gasteiger charge is 2.31. The molecule has 4 heteroatoms. The Hall–Kier alpha value is -1.70. The molecule has 0 aromatic heterocycles. The average molecular weight is 271 g/mol. The Bertz CT molecular complexity index is 516. The molecule has 1 heterocycles. The SMILES string of the molecule is CC1CN(CC(=O)c2ccc(C#N)cc2)CC1N(C)C. The highest BCUT2D eigenvalue weighted by Crippen LogP contribution is 2.20. The molecule has 4 nitrogen and oxygen atoms in total. The number of Topliss-reactive ketones (excluding diaryl/α,β-unsaturated/α-hetero) is 1. The van der Waals surface area contributed by atoms with E-state index in [1.165, 1.54) is 0 Å². The molecule has 0 bridgehead atoms. The first kappa shape index (κ1) is 14.7. The second-order valence-corrected chi connectivity index (χ2v) is 5.81. The Morgan fingerprint density at radius 2 is 2.00 bits per heavy atom. The third-order valence-electron chi connectivity index (χ3n) is 4.01. The molecule has 106 valence electrons. The summed E-state index contributed by atoms with van der Waals surface area (Å²) in [5.74, 6) is 0.708. The lowest BCUT2D eigenvalue weighted by molar-refractivity contribution is 0.0941. The van der Waals surface area contributed by atoms with Gasteiger partial charge in [0.25, 0.3) is 0 Å². The first-order chi connectivity index (χ1) is 9.51. The van der Waals surface area contributed by atoms with Crippen molar-refractivity contribution in [1.29, 1.82) is 5.26 Å². The Morgan fingerprint density at radius 1 is 1.35 bits per heavy atom. The fourth-order valence-electron chi connectivity index (χ4n) is 2.87. The van der Waals surface area contributed by atoms with Gasteiger partial charge in [0.05, 0.1) is 18.2 Å². The summed E-state index contributed by atoms with van der Waals surface area (Å²) in [6.45, 7) is 4.60. The van der Waals surface area contributed by atoms with Crippen molar-refractivity contribution in [3.63, 3.8) is 0 Å². The summed E-state index contributed by atoms with van der Waals surface area (Å²) < 4.78 is 0. The number of carbonyl (C=O) groups excluding carboxylic acids is 1. The van der Waals surface area contributed by atoms with Crippen LogP contribution >= 0.6 is 0 Å². The average Bonchev–Trinajstić information content (AvgIpc) is 2.79. The molecule has 1 saturated heterocycles. The molecule has 1 aliphatic rings. The minimum Gasteiger partial charge on any atom is -0.305 e. The van der Waals surface area contributed by atoms with Crippen LogP contribution in [0.15, 0.2) is 24.3 Å². The molecule has 0 spiro atoms. The summed E-state index contributed by atoms with van der Waals surface area (Å²) in [7, 11) is 4.18. The summed E-state index contributed by atoms with van der Waals surface area (Å²) in [6, 6.07) is 9.45. The van der Waals surface area contributed by atoms with Crippen LogP contribution in [0.1, 0.15) is 22.8 Å². The van der Waals surface area contributed by atoms with E-state index in [4.69, 9.17) is 5.26 Å². The van der Waals surface area contributed by atoms with Gasteiger partial charge in [-0.25, -0.2) is 0 Å². The lowest BCUT2D eigenvalue weighted by atomic mass is 10.1. The van der Waals surface area contributed by atoms with Gasteiger partial charge in [-0.05, 0) is 32.1 Å². The molecule has 1 aromatic rings. The maximum absolute atomic E-state index is 12.2. The van der Waals surface area contributed by atoms with Gasteiger partial charge in [0.2, 0.25) is 0 Å². The number of hydrogen-bond donors (Lipinski definition) is 0. The van der Waals surface area contributed by atoms with E-state index < -0.39 is 0 Å². The molecule has 1 fully saturated rings. The van der Waals surface area contributed by atoms with Crippen LogP contribution in [0.2, 0.25) is 0 Å². The zero-order chi connectivity index (χ0) is 14.7. The van der Waals surface area contributed by atoms with E-state index in [0.29, 0.717) is 29.6 Å². The van der Waals surface area contributed by atoms with Gasteiger partial charge in [0, 0.05) is 24.7 Å². The summed E-state index contributed by atoms with van der Waals surface area (Å²) >= 11 is 0. The van der Waals surface area contributed by atoms with Gasteiger partial charge < -0.3 is 4.90 Å². The van der Waals surface area contributed by atoms with E-state index in [2.05, 4.69) is 36.9 Å². The van der Waals surface area contributed by atoms with Gasteiger partial charge in [-0.2, -0.15) is 5.26 Å². The van der Waals surface area contributed by atoms with Gasteiger partial charge in [0.1, 0.15) is 0 Å². The molecule has 1 aromatic carbocycles. The van der Waals surface area contributed by atoms with Crippen LogP contribution in [0, 0.1) is 17.2 Å². The molecular formula is C16H21N3O. The maximum atomic E-state index is 12.2. The summed E-state index contributed by atoms with van der Waals surface area (Å²) in [5.41, 5.74) is 1.27. The Labute approximate surface area is 120 Å². The molecule has 20 heavy (non-hydrogen) atoms. The van der Waals surface area contributed by atoms with E-state index in [9.17, 15) is 4.79 Å². The number of likely N-dealkylation sites (N-methyl/N-ethyl adjacent to an activating group) is 1.